The van der Waals surface area contributed by atoms with Gasteiger partial charge in [-0.1, -0.05) is 11.6 Å². The molecule has 2 aromatic rings. The molecule has 0 N–H and O–H groups in total. The first-order valence-corrected chi connectivity index (χ1v) is 5.77. The van der Waals surface area contributed by atoms with Gasteiger partial charge >= 0.3 is 0 Å². The summed E-state index contributed by atoms with van der Waals surface area (Å²) in [7, 11) is 0. The molecular weight excluding hydrogens is 231 g/mol. The summed E-state index contributed by atoms with van der Waals surface area (Å²) in [4.78, 5) is 4.46. The number of aromatic nitrogens is 2. The molecule has 0 amide bonds. The Hall–Kier alpha value is -0.730. The van der Waals surface area contributed by atoms with E-state index in [9.17, 15) is 0 Å². The molecule has 0 saturated carbocycles. The smallest absolute Gasteiger partial charge is 0.125 e. The van der Waals surface area contributed by atoms with Crippen molar-refractivity contribution in [1.82, 2.24) is 9.55 Å². The lowest BCUT2D eigenvalue weighted by atomic mass is 10.3. The lowest BCUT2D eigenvalue weighted by molar-refractivity contribution is 0.597. The predicted octanol–water partition coefficient (Wildman–Crippen LogP) is 4.01. The molecule has 1 aromatic carbocycles. The number of halogens is 2. The van der Waals surface area contributed by atoms with Gasteiger partial charge in [-0.15, -0.1) is 11.6 Å². The molecule has 0 bridgehead atoms. The summed E-state index contributed by atoms with van der Waals surface area (Å²) in [6.07, 6.45) is 0. The normalized spacial score (nSPS) is 11.5. The monoisotopic (exact) mass is 242 g/mol. The minimum absolute atomic E-state index is 0.352. The molecule has 2 nitrogen and oxygen atoms in total. The second kappa shape index (κ2) is 4.03. The van der Waals surface area contributed by atoms with Crippen molar-refractivity contribution in [2.75, 3.05) is 0 Å². The second-order valence-electron chi connectivity index (χ2n) is 3.76. The van der Waals surface area contributed by atoms with Gasteiger partial charge in [-0.25, -0.2) is 4.98 Å². The zero-order valence-electron chi connectivity index (χ0n) is 8.67. The van der Waals surface area contributed by atoms with E-state index in [0.717, 1.165) is 16.9 Å². The largest absolute Gasteiger partial charge is 0.324 e. The van der Waals surface area contributed by atoms with E-state index in [0.29, 0.717) is 16.9 Å². The summed E-state index contributed by atoms with van der Waals surface area (Å²) >= 11 is 11.8. The van der Waals surface area contributed by atoms with Crippen LogP contribution in [-0.2, 0) is 5.88 Å². The van der Waals surface area contributed by atoms with E-state index >= 15 is 0 Å². The average Bonchev–Trinajstić information content (AvgIpc) is 2.54. The van der Waals surface area contributed by atoms with Crippen LogP contribution < -0.4 is 0 Å². The molecule has 0 spiro atoms. The maximum atomic E-state index is 5.92. The van der Waals surface area contributed by atoms with Crippen LogP contribution in [0.3, 0.4) is 0 Å². The SMILES string of the molecule is CC(C)n1c(CCl)nc2cc(Cl)ccc21. The molecule has 0 unspecified atom stereocenters. The summed E-state index contributed by atoms with van der Waals surface area (Å²) < 4.78 is 2.14. The Morgan fingerprint density at radius 2 is 2.13 bits per heavy atom. The highest BCUT2D eigenvalue weighted by atomic mass is 35.5. The summed E-state index contributed by atoms with van der Waals surface area (Å²) in [5, 5.41) is 0.706. The number of benzene rings is 1. The van der Waals surface area contributed by atoms with Gasteiger partial charge in [-0.05, 0) is 32.0 Å². The van der Waals surface area contributed by atoms with Crippen LogP contribution in [0.15, 0.2) is 18.2 Å². The Kier molecular flexibility index (Phi) is 2.89. The van der Waals surface area contributed by atoms with Crippen LogP contribution in [0, 0.1) is 0 Å². The lowest BCUT2D eigenvalue weighted by Crippen LogP contribution is -2.04. The van der Waals surface area contributed by atoms with E-state index in [-0.39, 0.29) is 0 Å². The summed E-state index contributed by atoms with van der Waals surface area (Å²) in [6.45, 7) is 4.23. The molecule has 4 heteroatoms. The molecule has 15 heavy (non-hydrogen) atoms. The quantitative estimate of drug-likeness (QED) is 0.728. The molecule has 80 valence electrons. The summed E-state index contributed by atoms with van der Waals surface area (Å²) in [6, 6.07) is 6.08. The van der Waals surface area contributed by atoms with E-state index in [1.165, 1.54) is 0 Å². The predicted molar refractivity (Wildman–Crippen MR) is 64.7 cm³/mol. The highest BCUT2D eigenvalue weighted by Crippen LogP contribution is 2.24. The fourth-order valence-electron chi connectivity index (χ4n) is 1.79. The van der Waals surface area contributed by atoms with E-state index < -0.39 is 0 Å². The molecule has 2 rings (SSSR count). The van der Waals surface area contributed by atoms with Gasteiger partial charge in [0.1, 0.15) is 5.82 Å². The zero-order valence-corrected chi connectivity index (χ0v) is 10.2. The number of alkyl halides is 1. The first kappa shape index (κ1) is 10.8. The van der Waals surface area contributed by atoms with Crippen molar-refractivity contribution >= 4 is 34.2 Å². The van der Waals surface area contributed by atoms with Gasteiger partial charge in [0.05, 0.1) is 16.9 Å². The van der Waals surface area contributed by atoms with E-state index in [4.69, 9.17) is 23.2 Å². The van der Waals surface area contributed by atoms with E-state index in [1.54, 1.807) is 0 Å². The molecule has 1 aromatic heterocycles. The standard InChI is InChI=1S/C11H12Cl2N2/c1-7(2)15-10-4-3-8(13)5-9(10)14-11(15)6-12/h3-5,7H,6H2,1-2H3. The maximum absolute atomic E-state index is 5.92. The highest BCUT2D eigenvalue weighted by Gasteiger charge is 2.12. The van der Waals surface area contributed by atoms with Crippen LogP contribution in [0.4, 0.5) is 0 Å². The second-order valence-corrected chi connectivity index (χ2v) is 4.46. The number of nitrogens with zero attached hydrogens (tertiary/aromatic N) is 2. The van der Waals surface area contributed by atoms with E-state index in [2.05, 4.69) is 23.4 Å². The van der Waals surface area contributed by atoms with Crippen molar-refractivity contribution in [2.24, 2.45) is 0 Å². The molecular formula is C11H12Cl2N2. The number of hydrogen-bond donors (Lipinski definition) is 0. The first-order valence-electron chi connectivity index (χ1n) is 4.86. The fraction of sp³-hybridized carbons (Fsp3) is 0.364. The molecule has 0 radical (unpaired) electrons. The number of imidazole rings is 1. The van der Waals surface area contributed by atoms with Crippen molar-refractivity contribution in [3.63, 3.8) is 0 Å². The number of rotatable bonds is 2. The van der Waals surface area contributed by atoms with Gasteiger partial charge < -0.3 is 4.57 Å². The van der Waals surface area contributed by atoms with Gasteiger partial charge in [0.25, 0.3) is 0 Å². The van der Waals surface area contributed by atoms with Crippen LogP contribution in [0.2, 0.25) is 5.02 Å². The maximum Gasteiger partial charge on any atom is 0.125 e. The highest BCUT2D eigenvalue weighted by molar-refractivity contribution is 6.31. The van der Waals surface area contributed by atoms with Crippen molar-refractivity contribution in [3.8, 4) is 0 Å². The number of fused-ring (bicyclic) bond motifs is 1. The van der Waals surface area contributed by atoms with Gasteiger partial charge in [-0.2, -0.15) is 0 Å². The van der Waals surface area contributed by atoms with Crippen LogP contribution in [0.1, 0.15) is 25.7 Å². The van der Waals surface area contributed by atoms with Crippen molar-refractivity contribution in [2.45, 2.75) is 25.8 Å². The minimum Gasteiger partial charge on any atom is -0.324 e. The molecule has 1 heterocycles. The zero-order chi connectivity index (χ0) is 11.0. The first-order chi connectivity index (χ1) is 7.13. The molecule has 0 aliphatic carbocycles. The van der Waals surface area contributed by atoms with E-state index in [1.807, 2.05) is 18.2 Å². The lowest BCUT2D eigenvalue weighted by Gasteiger charge is -2.11. The Morgan fingerprint density at radius 1 is 1.40 bits per heavy atom. The molecule has 0 aliphatic rings. The third-order valence-electron chi connectivity index (χ3n) is 2.36. The van der Waals surface area contributed by atoms with Crippen molar-refractivity contribution in [1.29, 1.82) is 0 Å². The minimum atomic E-state index is 0.352. The molecule has 0 atom stereocenters. The van der Waals surface area contributed by atoms with Crippen molar-refractivity contribution < 1.29 is 0 Å². The molecule has 0 aliphatic heterocycles. The fourth-order valence-corrected chi connectivity index (χ4v) is 2.15. The van der Waals surface area contributed by atoms with Gasteiger partial charge in [-0.3, -0.25) is 0 Å². The third kappa shape index (κ3) is 1.84. The van der Waals surface area contributed by atoms with Crippen LogP contribution >= 0.6 is 23.2 Å². The van der Waals surface area contributed by atoms with Crippen LogP contribution in [0.25, 0.3) is 11.0 Å². The third-order valence-corrected chi connectivity index (χ3v) is 2.83. The van der Waals surface area contributed by atoms with Crippen LogP contribution in [0.5, 0.6) is 0 Å². The van der Waals surface area contributed by atoms with Gasteiger partial charge in [0.15, 0.2) is 0 Å². The Bertz CT molecular complexity index is 489. The van der Waals surface area contributed by atoms with Gasteiger partial charge in [0.2, 0.25) is 0 Å². The number of hydrogen-bond acceptors (Lipinski definition) is 1. The average molecular weight is 243 g/mol. The van der Waals surface area contributed by atoms with Crippen molar-refractivity contribution in [3.05, 3.63) is 29.0 Å². The van der Waals surface area contributed by atoms with Crippen LogP contribution in [-0.4, -0.2) is 9.55 Å². The topological polar surface area (TPSA) is 17.8 Å². The molecule has 0 fully saturated rings. The molecule has 0 saturated heterocycles. The van der Waals surface area contributed by atoms with Gasteiger partial charge in [0, 0.05) is 11.1 Å². The Balaban J connectivity index is 2.74. The Labute approximate surface area is 98.8 Å². The summed E-state index contributed by atoms with van der Waals surface area (Å²) in [5.74, 6) is 1.31. The summed E-state index contributed by atoms with van der Waals surface area (Å²) in [5.41, 5.74) is 2.00. The Morgan fingerprint density at radius 3 is 2.73 bits per heavy atom.